The highest BCUT2D eigenvalue weighted by atomic mass is 32.1. The quantitative estimate of drug-likeness (QED) is 0.847. The fourth-order valence-electron chi connectivity index (χ4n) is 3.09. The van der Waals surface area contributed by atoms with Crippen molar-refractivity contribution < 1.29 is 4.39 Å². The minimum atomic E-state index is -0.0956. The summed E-state index contributed by atoms with van der Waals surface area (Å²) in [5, 5.41) is 3.53. The highest BCUT2D eigenvalue weighted by Gasteiger charge is 2.20. The third-order valence-electron chi connectivity index (χ3n) is 4.19. The van der Waals surface area contributed by atoms with Gasteiger partial charge in [-0.15, -0.1) is 11.3 Å². The Kier molecular flexibility index (Phi) is 4.71. The van der Waals surface area contributed by atoms with Crippen LogP contribution in [0, 0.1) is 5.82 Å². The predicted octanol–water partition coefficient (Wildman–Crippen LogP) is 4.66. The Labute approximate surface area is 130 Å². The standard InChI is InChI=1S/C18H22FNS/c1-2-20-16(11-13-7-3-5-9-15(13)19)18-12-14-8-4-6-10-17(14)21-18/h3,5,7,9,12,16,20H,2,4,6,8,10-11H2,1H3. The molecule has 1 aliphatic rings. The zero-order valence-corrected chi connectivity index (χ0v) is 13.3. The van der Waals surface area contributed by atoms with Crippen molar-refractivity contribution >= 4 is 11.3 Å². The predicted molar refractivity (Wildman–Crippen MR) is 87.5 cm³/mol. The van der Waals surface area contributed by atoms with Crippen LogP contribution in [0.15, 0.2) is 30.3 Å². The van der Waals surface area contributed by atoms with E-state index in [9.17, 15) is 4.39 Å². The average molecular weight is 303 g/mol. The summed E-state index contributed by atoms with van der Waals surface area (Å²) in [5.74, 6) is -0.0956. The smallest absolute Gasteiger partial charge is 0.126 e. The first kappa shape index (κ1) is 14.7. The summed E-state index contributed by atoms with van der Waals surface area (Å²) < 4.78 is 13.9. The monoisotopic (exact) mass is 303 g/mol. The minimum Gasteiger partial charge on any atom is -0.309 e. The van der Waals surface area contributed by atoms with Crippen LogP contribution in [0.3, 0.4) is 0 Å². The van der Waals surface area contributed by atoms with Gasteiger partial charge in [-0.2, -0.15) is 0 Å². The van der Waals surface area contributed by atoms with Crippen molar-refractivity contribution in [3.05, 3.63) is 57.0 Å². The van der Waals surface area contributed by atoms with Crippen LogP contribution in [0.5, 0.6) is 0 Å². The Balaban J connectivity index is 1.84. The summed E-state index contributed by atoms with van der Waals surface area (Å²) in [7, 11) is 0. The van der Waals surface area contributed by atoms with Gasteiger partial charge in [-0.25, -0.2) is 4.39 Å². The van der Waals surface area contributed by atoms with Gasteiger partial charge >= 0.3 is 0 Å². The molecule has 1 aliphatic carbocycles. The van der Waals surface area contributed by atoms with E-state index in [1.165, 1.54) is 36.1 Å². The summed E-state index contributed by atoms with van der Waals surface area (Å²) in [6, 6.07) is 9.70. The van der Waals surface area contributed by atoms with Crippen LogP contribution < -0.4 is 5.32 Å². The molecule has 1 unspecified atom stereocenters. The molecule has 0 fully saturated rings. The van der Waals surface area contributed by atoms with Crippen LogP contribution in [0.25, 0.3) is 0 Å². The highest BCUT2D eigenvalue weighted by molar-refractivity contribution is 7.12. The molecule has 1 atom stereocenters. The van der Waals surface area contributed by atoms with Crippen molar-refractivity contribution in [3.63, 3.8) is 0 Å². The van der Waals surface area contributed by atoms with Crippen LogP contribution in [-0.2, 0) is 19.3 Å². The van der Waals surface area contributed by atoms with Gasteiger partial charge < -0.3 is 5.32 Å². The van der Waals surface area contributed by atoms with Crippen molar-refractivity contribution in [1.29, 1.82) is 0 Å². The molecule has 0 saturated carbocycles. The molecule has 0 radical (unpaired) electrons. The Morgan fingerprint density at radius 2 is 2.05 bits per heavy atom. The largest absolute Gasteiger partial charge is 0.309 e. The third-order valence-corrected chi connectivity index (χ3v) is 5.54. The number of aryl methyl sites for hydroxylation is 2. The van der Waals surface area contributed by atoms with Gasteiger partial charge in [0.1, 0.15) is 5.82 Å². The van der Waals surface area contributed by atoms with E-state index in [1.807, 2.05) is 23.5 Å². The Bertz CT molecular complexity index is 582. The summed E-state index contributed by atoms with van der Waals surface area (Å²) in [6.45, 7) is 3.02. The lowest BCUT2D eigenvalue weighted by Crippen LogP contribution is -2.22. The lowest BCUT2D eigenvalue weighted by atomic mass is 9.97. The molecule has 0 amide bonds. The second-order valence-corrected chi connectivity index (χ2v) is 6.88. The summed E-state index contributed by atoms with van der Waals surface area (Å²) in [6.07, 6.45) is 5.78. The maximum Gasteiger partial charge on any atom is 0.126 e. The van der Waals surface area contributed by atoms with E-state index in [1.54, 1.807) is 17.0 Å². The normalized spacial score (nSPS) is 15.7. The summed E-state index contributed by atoms with van der Waals surface area (Å²) in [5.41, 5.74) is 2.33. The van der Waals surface area contributed by atoms with Crippen molar-refractivity contribution in [1.82, 2.24) is 5.32 Å². The van der Waals surface area contributed by atoms with Gasteiger partial charge in [-0.05, 0) is 61.9 Å². The van der Waals surface area contributed by atoms with E-state index < -0.39 is 0 Å². The Hall–Kier alpha value is -1.19. The van der Waals surface area contributed by atoms with Gasteiger partial charge in [0, 0.05) is 15.8 Å². The molecule has 3 heteroatoms. The molecule has 21 heavy (non-hydrogen) atoms. The number of benzene rings is 1. The van der Waals surface area contributed by atoms with Crippen molar-refractivity contribution in [2.45, 2.75) is 45.1 Å². The van der Waals surface area contributed by atoms with Gasteiger partial charge in [0.2, 0.25) is 0 Å². The summed E-state index contributed by atoms with van der Waals surface area (Å²) >= 11 is 1.92. The summed E-state index contributed by atoms with van der Waals surface area (Å²) in [4.78, 5) is 2.92. The number of nitrogens with one attached hydrogen (secondary N) is 1. The third kappa shape index (κ3) is 3.35. The molecule has 2 aromatic rings. The van der Waals surface area contributed by atoms with Crippen LogP contribution >= 0.6 is 11.3 Å². The first-order chi connectivity index (χ1) is 10.3. The minimum absolute atomic E-state index is 0.0956. The molecule has 112 valence electrons. The van der Waals surface area contributed by atoms with E-state index in [-0.39, 0.29) is 11.9 Å². The van der Waals surface area contributed by atoms with Gasteiger partial charge in [0.05, 0.1) is 0 Å². The fourth-order valence-corrected chi connectivity index (χ4v) is 4.42. The van der Waals surface area contributed by atoms with Crippen molar-refractivity contribution in [3.8, 4) is 0 Å². The van der Waals surface area contributed by atoms with Crippen LogP contribution in [-0.4, -0.2) is 6.54 Å². The molecular weight excluding hydrogens is 281 g/mol. The Morgan fingerprint density at radius 1 is 1.24 bits per heavy atom. The van der Waals surface area contributed by atoms with Crippen LogP contribution in [0.1, 0.15) is 46.7 Å². The van der Waals surface area contributed by atoms with E-state index >= 15 is 0 Å². The molecule has 0 aliphatic heterocycles. The number of fused-ring (bicyclic) bond motifs is 1. The van der Waals surface area contributed by atoms with Gasteiger partial charge in [-0.3, -0.25) is 0 Å². The molecule has 3 rings (SSSR count). The maximum atomic E-state index is 13.9. The Morgan fingerprint density at radius 3 is 2.81 bits per heavy atom. The number of hydrogen-bond acceptors (Lipinski definition) is 2. The zero-order chi connectivity index (χ0) is 14.7. The molecule has 1 aromatic heterocycles. The molecule has 1 heterocycles. The average Bonchev–Trinajstić information content (AvgIpc) is 2.93. The fraction of sp³-hybridized carbons (Fsp3) is 0.444. The van der Waals surface area contributed by atoms with Crippen molar-refractivity contribution in [2.75, 3.05) is 6.54 Å². The molecule has 1 nitrogen and oxygen atoms in total. The SMILES string of the molecule is CCNC(Cc1ccccc1F)c1cc2c(s1)CCCC2. The topological polar surface area (TPSA) is 12.0 Å². The number of rotatable bonds is 5. The lowest BCUT2D eigenvalue weighted by Gasteiger charge is -2.17. The molecule has 1 N–H and O–H groups in total. The van der Waals surface area contributed by atoms with E-state index in [0.717, 1.165) is 18.5 Å². The van der Waals surface area contributed by atoms with Crippen molar-refractivity contribution in [2.24, 2.45) is 0 Å². The number of likely N-dealkylation sites (N-methyl/N-ethyl adjacent to an activating group) is 1. The molecule has 0 bridgehead atoms. The van der Waals surface area contributed by atoms with E-state index in [4.69, 9.17) is 0 Å². The second kappa shape index (κ2) is 6.71. The number of hydrogen-bond donors (Lipinski definition) is 1. The van der Waals surface area contributed by atoms with E-state index in [0.29, 0.717) is 0 Å². The van der Waals surface area contributed by atoms with Gasteiger partial charge in [0.25, 0.3) is 0 Å². The molecule has 0 saturated heterocycles. The second-order valence-electron chi connectivity index (χ2n) is 5.71. The number of thiophene rings is 1. The first-order valence-electron chi connectivity index (χ1n) is 7.86. The highest BCUT2D eigenvalue weighted by Crippen LogP contribution is 2.34. The van der Waals surface area contributed by atoms with Crippen LogP contribution in [0.4, 0.5) is 4.39 Å². The van der Waals surface area contributed by atoms with Gasteiger partial charge in [-0.1, -0.05) is 25.1 Å². The molecular formula is C18H22FNS. The molecule has 0 spiro atoms. The van der Waals surface area contributed by atoms with Gasteiger partial charge in [0.15, 0.2) is 0 Å². The van der Waals surface area contributed by atoms with Crippen LogP contribution in [0.2, 0.25) is 0 Å². The van der Waals surface area contributed by atoms with E-state index in [2.05, 4.69) is 18.3 Å². The zero-order valence-electron chi connectivity index (χ0n) is 12.5. The lowest BCUT2D eigenvalue weighted by molar-refractivity contribution is 0.534. The first-order valence-corrected chi connectivity index (χ1v) is 8.68. The number of halogens is 1. The molecule has 1 aromatic carbocycles. The maximum absolute atomic E-state index is 13.9.